The highest BCUT2D eigenvalue weighted by molar-refractivity contribution is 6.35. The molecule has 98 valence electrons. The molecule has 0 bridgehead atoms. The number of aromatic carboxylic acids is 1. The third kappa shape index (κ3) is 2.12. The summed E-state index contributed by atoms with van der Waals surface area (Å²) in [5, 5.41) is 12.2. The van der Waals surface area contributed by atoms with Gasteiger partial charge in [0.2, 0.25) is 0 Å². The number of fused-ring (bicyclic) bond motifs is 1. The summed E-state index contributed by atoms with van der Waals surface area (Å²) in [6.07, 6.45) is 0. The number of nitrogens with zero attached hydrogens (tertiary/aromatic N) is 1. The van der Waals surface area contributed by atoms with Crippen molar-refractivity contribution in [2.45, 2.75) is 0 Å². The first kappa shape index (κ1) is 12.6. The summed E-state index contributed by atoms with van der Waals surface area (Å²) in [7, 11) is 0. The van der Waals surface area contributed by atoms with Gasteiger partial charge in [0.1, 0.15) is 0 Å². The van der Waals surface area contributed by atoms with E-state index in [1.807, 2.05) is 30.3 Å². The van der Waals surface area contributed by atoms with Gasteiger partial charge in [0, 0.05) is 16.5 Å². The van der Waals surface area contributed by atoms with Crippen LogP contribution in [0.4, 0.5) is 0 Å². The average molecular weight is 283 g/mol. The molecule has 3 aromatic rings. The lowest BCUT2D eigenvalue weighted by Crippen LogP contribution is -2.22. The Hall–Kier alpha value is -2.39. The molecule has 0 spiro atoms. The summed E-state index contributed by atoms with van der Waals surface area (Å²) in [6, 6.07) is 15.9. The number of pyridine rings is 1. The van der Waals surface area contributed by atoms with E-state index < -0.39 is 5.97 Å². The lowest BCUT2D eigenvalue weighted by atomic mass is 10.0. The van der Waals surface area contributed by atoms with Crippen LogP contribution in [0, 0.1) is 0 Å². The Morgan fingerprint density at radius 1 is 1.05 bits per heavy atom. The second-order valence-corrected chi connectivity index (χ2v) is 4.75. The first-order chi connectivity index (χ1) is 9.66. The van der Waals surface area contributed by atoms with E-state index in [2.05, 4.69) is 4.98 Å². The van der Waals surface area contributed by atoms with E-state index in [9.17, 15) is 9.90 Å². The fraction of sp³-hybridized carbons (Fsp3) is 0. The van der Waals surface area contributed by atoms with Crippen molar-refractivity contribution in [3.63, 3.8) is 0 Å². The van der Waals surface area contributed by atoms with Gasteiger partial charge in [-0.25, -0.2) is 4.98 Å². The number of carboxylic acid groups (broad SMARTS) is 1. The second kappa shape index (κ2) is 4.94. The Morgan fingerprint density at radius 3 is 2.50 bits per heavy atom. The Balaban J connectivity index is 2.36. The topological polar surface area (TPSA) is 53.0 Å². The van der Waals surface area contributed by atoms with Crippen LogP contribution >= 0.6 is 11.6 Å². The number of carbonyl (C=O) groups is 1. The molecule has 0 fully saturated rings. The molecule has 0 radical (unpaired) electrons. The highest BCUT2D eigenvalue weighted by Gasteiger charge is 2.10. The van der Waals surface area contributed by atoms with Crippen molar-refractivity contribution in [1.82, 2.24) is 4.98 Å². The van der Waals surface area contributed by atoms with E-state index in [0.29, 0.717) is 21.6 Å². The molecule has 2 aromatic carbocycles. The normalized spacial score (nSPS) is 10.7. The minimum Gasteiger partial charge on any atom is -0.545 e. The van der Waals surface area contributed by atoms with Crippen molar-refractivity contribution < 1.29 is 9.90 Å². The fourth-order valence-electron chi connectivity index (χ4n) is 2.14. The quantitative estimate of drug-likeness (QED) is 0.726. The zero-order chi connectivity index (χ0) is 14.1. The second-order valence-electron chi connectivity index (χ2n) is 4.34. The molecular weight excluding hydrogens is 274 g/mol. The molecule has 0 N–H and O–H groups in total. The van der Waals surface area contributed by atoms with Gasteiger partial charge in [-0.15, -0.1) is 0 Å². The largest absolute Gasteiger partial charge is 0.545 e. The predicted octanol–water partition coefficient (Wildman–Crippen LogP) is 2.92. The third-order valence-electron chi connectivity index (χ3n) is 3.08. The molecule has 3 rings (SSSR count). The van der Waals surface area contributed by atoms with Crippen LogP contribution in [0.1, 0.15) is 10.4 Å². The van der Waals surface area contributed by atoms with Crippen LogP contribution in [0.2, 0.25) is 5.02 Å². The van der Waals surface area contributed by atoms with Gasteiger partial charge in [-0.3, -0.25) is 0 Å². The molecule has 0 saturated carbocycles. The fourth-order valence-corrected chi connectivity index (χ4v) is 2.36. The molecule has 0 aliphatic rings. The van der Waals surface area contributed by atoms with Gasteiger partial charge in [0.15, 0.2) is 0 Å². The Labute approximate surface area is 120 Å². The number of para-hydroxylation sites is 1. The maximum Gasteiger partial charge on any atom is 0.0902 e. The number of benzene rings is 2. The zero-order valence-electron chi connectivity index (χ0n) is 10.3. The molecule has 0 atom stereocenters. The summed E-state index contributed by atoms with van der Waals surface area (Å²) >= 11 is 6.12. The maximum atomic E-state index is 11.3. The van der Waals surface area contributed by atoms with Crippen LogP contribution < -0.4 is 5.11 Å². The number of halogens is 1. The molecule has 0 saturated heterocycles. The number of carboxylic acids is 1. The molecule has 0 aliphatic carbocycles. The third-order valence-corrected chi connectivity index (χ3v) is 3.38. The molecule has 20 heavy (non-hydrogen) atoms. The molecule has 1 heterocycles. The smallest absolute Gasteiger partial charge is 0.0902 e. The van der Waals surface area contributed by atoms with Gasteiger partial charge in [-0.05, 0) is 12.1 Å². The zero-order valence-corrected chi connectivity index (χ0v) is 11.1. The molecule has 0 unspecified atom stereocenters. The van der Waals surface area contributed by atoms with Crippen molar-refractivity contribution in [3.05, 3.63) is 65.2 Å². The van der Waals surface area contributed by atoms with Gasteiger partial charge in [-0.2, -0.15) is 0 Å². The predicted molar refractivity (Wildman–Crippen MR) is 76.5 cm³/mol. The van der Waals surface area contributed by atoms with E-state index in [1.54, 1.807) is 18.2 Å². The minimum atomic E-state index is -1.24. The Bertz CT molecular complexity index is 800. The number of aromatic nitrogens is 1. The van der Waals surface area contributed by atoms with Crippen molar-refractivity contribution in [2.24, 2.45) is 0 Å². The molecular formula is C16H9ClNO2-. The molecule has 0 aliphatic heterocycles. The van der Waals surface area contributed by atoms with Crippen LogP contribution in [0.15, 0.2) is 54.6 Å². The number of hydrogen-bond donors (Lipinski definition) is 0. The van der Waals surface area contributed by atoms with Crippen molar-refractivity contribution >= 4 is 28.5 Å². The number of carbonyl (C=O) groups excluding carboxylic acids is 1. The monoisotopic (exact) mass is 282 g/mol. The Kier molecular flexibility index (Phi) is 3.12. The van der Waals surface area contributed by atoms with Crippen LogP contribution in [-0.4, -0.2) is 11.0 Å². The highest BCUT2D eigenvalue weighted by atomic mass is 35.5. The number of hydrogen-bond acceptors (Lipinski definition) is 3. The van der Waals surface area contributed by atoms with E-state index in [0.717, 1.165) is 5.56 Å². The van der Waals surface area contributed by atoms with E-state index in [4.69, 9.17) is 11.6 Å². The van der Waals surface area contributed by atoms with E-state index >= 15 is 0 Å². The van der Waals surface area contributed by atoms with Crippen LogP contribution in [0.5, 0.6) is 0 Å². The summed E-state index contributed by atoms with van der Waals surface area (Å²) in [5.74, 6) is -1.24. The van der Waals surface area contributed by atoms with Gasteiger partial charge in [0.05, 0.1) is 22.2 Å². The van der Waals surface area contributed by atoms with Gasteiger partial charge in [0.25, 0.3) is 0 Å². The summed E-state index contributed by atoms with van der Waals surface area (Å²) in [4.78, 5) is 15.8. The highest BCUT2D eigenvalue weighted by Crippen LogP contribution is 2.28. The average Bonchev–Trinajstić information content (AvgIpc) is 2.47. The van der Waals surface area contributed by atoms with Gasteiger partial charge < -0.3 is 9.90 Å². The van der Waals surface area contributed by atoms with Crippen molar-refractivity contribution in [3.8, 4) is 11.3 Å². The van der Waals surface area contributed by atoms with Crippen LogP contribution in [0.3, 0.4) is 0 Å². The first-order valence-corrected chi connectivity index (χ1v) is 6.40. The maximum absolute atomic E-state index is 11.3. The molecule has 1 aromatic heterocycles. The summed E-state index contributed by atoms with van der Waals surface area (Å²) in [5.41, 5.74) is 1.95. The van der Waals surface area contributed by atoms with Crippen LogP contribution in [-0.2, 0) is 0 Å². The van der Waals surface area contributed by atoms with E-state index in [1.165, 1.54) is 6.07 Å². The van der Waals surface area contributed by atoms with Gasteiger partial charge >= 0.3 is 0 Å². The van der Waals surface area contributed by atoms with E-state index in [-0.39, 0.29) is 5.56 Å². The lowest BCUT2D eigenvalue weighted by molar-refractivity contribution is -0.254. The SMILES string of the molecule is O=C([O-])c1cc(-c2ccccc2)nc2c(Cl)cccc12. The van der Waals surface area contributed by atoms with Gasteiger partial charge in [-0.1, -0.05) is 54.1 Å². The minimum absolute atomic E-state index is 0.0938. The summed E-state index contributed by atoms with van der Waals surface area (Å²) in [6.45, 7) is 0. The van der Waals surface area contributed by atoms with Crippen LogP contribution in [0.25, 0.3) is 22.2 Å². The number of rotatable bonds is 2. The van der Waals surface area contributed by atoms with Crippen molar-refractivity contribution in [2.75, 3.05) is 0 Å². The standard InChI is InChI=1S/C16H10ClNO2/c17-13-8-4-7-11-12(16(19)20)9-14(18-15(11)13)10-5-2-1-3-6-10/h1-9H,(H,19,20)/p-1. The molecule has 3 nitrogen and oxygen atoms in total. The Morgan fingerprint density at radius 2 is 1.80 bits per heavy atom. The lowest BCUT2D eigenvalue weighted by Gasteiger charge is -2.11. The molecule has 4 heteroatoms. The van der Waals surface area contributed by atoms with Crippen molar-refractivity contribution in [1.29, 1.82) is 0 Å². The molecule has 0 amide bonds. The first-order valence-electron chi connectivity index (χ1n) is 6.03. The summed E-state index contributed by atoms with van der Waals surface area (Å²) < 4.78 is 0.